The van der Waals surface area contributed by atoms with Crippen molar-refractivity contribution in [3.8, 4) is 0 Å². The molecule has 13 nitrogen and oxygen atoms in total. The molecule has 0 aromatic rings. The van der Waals surface area contributed by atoms with Crippen LogP contribution >= 0.6 is 0 Å². The number of hydrogen-bond donors (Lipinski definition) is 4. The van der Waals surface area contributed by atoms with Gasteiger partial charge in [0.25, 0.3) is 0 Å². The van der Waals surface area contributed by atoms with Crippen molar-refractivity contribution in [1.82, 2.24) is 0 Å². The number of rotatable bonds is 11. The Balaban J connectivity index is 0.899. The quantitative estimate of drug-likeness (QED) is 0.146. The van der Waals surface area contributed by atoms with E-state index in [4.69, 9.17) is 37.9 Å². The van der Waals surface area contributed by atoms with E-state index in [-0.39, 0.29) is 42.7 Å². The molecule has 7 aliphatic rings. The fourth-order valence-corrected chi connectivity index (χ4v) is 11.4. The first-order chi connectivity index (χ1) is 27.9. The summed E-state index contributed by atoms with van der Waals surface area (Å²) in [6, 6.07) is 0. The van der Waals surface area contributed by atoms with Crippen molar-refractivity contribution in [3.63, 3.8) is 0 Å². The minimum Gasteiger partial charge on any atom is -0.467 e. The second-order valence-corrected chi connectivity index (χ2v) is 19.9. The SMILES string of the molecule is C=C1C(O)C2OC3(CCC(CCC(C)C4CC(C)=CC5(OC(CC(C)(O)C(=O)OC)CCC5O)O4)O3)CCC2OC1C(O)CC(C)C1OC2(CCC1C)OCCCC2C. The predicted molar refractivity (Wildman–Crippen MR) is 217 cm³/mol. The summed E-state index contributed by atoms with van der Waals surface area (Å²) in [5.74, 6) is -2.60. The summed E-state index contributed by atoms with van der Waals surface area (Å²) < 4.78 is 50.7. The molecule has 0 radical (unpaired) electrons. The molecule has 336 valence electrons. The molecule has 7 heterocycles. The van der Waals surface area contributed by atoms with Gasteiger partial charge in [0, 0.05) is 31.6 Å². The maximum Gasteiger partial charge on any atom is 0.337 e. The highest BCUT2D eigenvalue weighted by Crippen LogP contribution is 2.49. The van der Waals surface area contributed by atoms with E-state index in [0.29, 0.717) is 62.4 Å². The van der Waals surface area contributed by atoms with E-state index >= 15 is 0 Å². The molecule has 7 aliphatic heterocycles. The van der Waals surface area contributed by atoms with Crippen LogP contribution in [0, 0.1) is 23.7 Å². The third-order valence-corrected chi connectivity index (χ3v) is 15.1. The highest BCUT2D eigenvalue weighted by Gasteiger charge is 2.55. The van der Waals surface area contributed by atoms with Crippen LogP contribution in [0.25, 0.3) is 0 Å². The minimum atomic E-state index is -1.72. The first-order valence-corrected chi connectivity index (χ1v) is 22.8. The van der Waals surface area contributed by atoms with E-state index < -0.39 is 65.6 Å². The molecule has 6 saturated heterocycles. The van der Waals surface area contributed by atoms with Crippen molar-refractivity contribution in [2.24, 2.45) is 23.7 Å². The van der Waals surface area contributed by atoms with Crippen molar-refractivity contribution in [2.45, 2.75) is 222 Å². The van der Waals surface area contributed by atoms with Gasteiger partial charge in [-0.25, -0.2) is 4.79 Å². The average Bonchev–Trinajstić information content (AvgIpc) is 3.59. The maximum atomic E-state index is 12.2. The summed E-state index contributed by atoms with van der Waals surface area (Å²) in [6.45, 7) is 17.1. The van der Waals surface area contributed by atoms with E-state index in [1.165, 1.54) is 14.0 Å². The van der Waals surface area contributed by atoms with Gasteiger partial charge in [-0.05, 0) is 114 Å². The molecular formula is C46H74O13. The number of methoxy groups -OCH3 is 1. The van der Waals surface area contributed by atoms with Gasteiger partial charge in [0.1, 0.15) is 24.4 Å². The Morgan fingerprint density at radius 2 is 1.75 bits per heavy atom. The summed E-state index contributed by atoms with van der Waals surface area (Å²) in [5, 5.41) is 45.1. The molecule has 0 bridgehead atoms. The van der Waals surface area contributed by atoms with Gasteiger partial charge in [-0.3, -0.25) is 0 Å². The van der Waals surface area contributed by atoms with Crippen LogP contribution in [-0.4, -0.2) is 124 Å². The molecule has 0 saturated carbocycles. The Morgan fingerprint density at radius 1 is 0.983 bits per heavy atom. The van der Waals surface area contributed by atoms with Gasteiger partial charge >= 0.3 is 5.97 Å². The molecule has 0 aromatic carbocycles. The monoisotopic (exact) mass is 835 g/mol. The number of esters is 1. The molecule has 0 aromatic heterocycles. The predicted octanol–water partition coefficient (Wildman–Crippen LogP) is 5.77. The second-order valence-electron chi connectivity index (χ2n) is 19.9. The number of hydrogen-bond acceptors (Lipinski definition) is 13. The zero-order chi connectivity index (χ0) is 42.5. The van der Waals surface area contributed by atoms with Crippen LogP contribution in [0.2, 0.25) is 0 Å². The van der Waals surface area contributed by atoms with Crippen LogP contribution in [0.15, 0.2) is 23.8 Å². The third-order valence-electron chi connectivity index (χ3n) is 15.1. The van der Waals surface area contributed by atoms with Crippen LogP contribution in [0.4, 0.5) is 0 Å². The molecule has 13 heteroatoms. The van der Waals surface area contributed by atoms with Crippen molar-refractivity contribution in [3.05, 3.63) is 23.8 Å². The van der Waals surface area contributed by atoms with Gasteiger partial charge in [-0.1, -0.05) is 39.8 Å². The maximum absolute atomic E-state index is 12.2. The normalized spacial score (nSPS) is 45.4. The van der Waals surface area contributed by atoms with Crippen LogP contribution in [0.3, 0.4) is 0 Å². The van der Waals surface area contributed by atoms with Gasteiger partial charge in [-0.2, -0.15) is 0 Å². The van der Waals surface area contributed by atoms with Crippen LogP contribution < -0.4 is 0 Å². The lowest BCUT2D eigenvalue weighted by Gasteiger charge is -2.51. The molecular weight excluding hydrogens is 760 g/mol. The van der Waals surface area contributed by atoms with Gasteiger partial charge < -0.3 is 58.3 Å². The highest BCUT2D eigenvalue weighted by molar-refractivity contribution is 5.78. The second kappa shape index (κ2) is 17.9. The molecule has 59 heavy (non-hydrogen) atoms. The van der Waals surface area contributed by atoms with E-state index in [1.54, 1.807) is 0 Å². The number of ether oxygens (including phenoxy) is 8. The summed E-state index contributed by atoms with van der Waals surface area (Å²) in [6.07, 6.45) is 7.13. The molecule has 7 rings (SSSR count). The van der Waals surface area contributed by atoms with Crippen molar-refractivity contribution < 1.29 is 63.1 Å². The molecule has 18 unspecified atom stereocenters. The van der Waals surface area contributed by atoms with Crippen LogP contribution in [0.5, 0.6) is 0 Å². The van der Waals surface area contributed by atoms with Crippen molar-refractivity contribution in [2.75, 3.05) is 13.7 Å². The van der Waals surface area contributed by atoms with Gasteiger partial charge in [0.2, 0.25) is 5.79 Å². The van der Waals surface area contributed by atoms with Crippen LogP contribution in [0.1, 0.15) is 138 Å². The van der Waals surface area contributed by atoms with E-state index in [0.717, 1.165) is 57.1 Å². The van der Waals surface area contributed by atoms with Gasteiger partial charge in [-0.15, -0.1) is 0 Å². The fourth-order valence-electron chi connectivity index (χ4n) is 11.4. The fraction of sp³-hybridized carbons (Fsp3) is 0.891. The molecule has 4 N–H and O–H groups in total. The number of carbonyl (C=O) groups excluding carboxylic acids is 1. The summed E-state index contributed by atoms with van der Waals surface area (Å²) in [7, 11) is 1.24. The Hall–Kier alpha value is -1.49. The number of carbonyl (C=O) groups is 1. The largest absolute Gasteiger partial charge is 0.467 e. The lowest BCUT2D eigenvalue weighted by atomic mass is 9.78. The topological polar surface area (TPSA) is 172 Å². The molecule has 3 spiro atoms. The van der Waals surface area contributed by atoms with Gasteiger partial charge in [0.05, 0.1) is 50.3 Å². The first-order valence-electron chi connectivity index (χ1n) is 22.8. The van der Waals surface area contributed by atoms with E-state index in [2.05, 4.69) is 34.3 Å². The number of fused-ring (bicyclic) bond motifs is 1. The smallest absolute Gasteiger partial charge is 0.337 e. The summed E-state index contributed by atoms with van der Waals surface area (Å²) in [4.78, 5) is 12.2. The molecule has 6 fully saturated rings. The number of aliphatic hydroxyl groups is 4. The van der Waals surface area contributed by atoms with Crippen LogP contribution in [-0.2, 0) is 42.7 Å². The van der Waals surface area contributed by atoms with Crippen molar-refractivity contribution >= 4 is 5.97 Å². The van der Waals surface area contributed by atoms with Crippen molar-refractivity contribution in [1.29, 1.82) is 0 Å². The standard InChI is InChI=1S/C46H74O13/c1-26-22-36(57-46(24-26)37(48)14-13-33(56-46)25-43(7,51)42(50)52-8)27(2)11-12-32-16-18-44(55-32)19-17-35-41(58-44)38(49)31(6)40(54-35)34(47)23-29(4)39-28(3)15-20-45(59-39)30(5)10-9-21-53-45/h24,27-30,32-41,47-49,51H,6,9-23,25H2,1-5,7-8H3. The summed E-state index contributed by atoms with van der Waals surface area (Å²) in [5.41, 5.74) is -0.230. The Kier molecular flexibility index (Phi) is 13.8. The first kappa shape index (κ1) is 45.5. The van der Waals surface area contributed by atoms with E-state index in [1.807, 2.05) is 13.0 Å². The van der Waals surface area contributed by atoms with E-state index in [9.17, 15) is 25.2 Å². The Morgan fingerprint density at radius 3 is 2.49 bits per heavy atom. The molecule has 18 atom stereocenters. The number of aliphatic hydroxyl groups excluding tert-OH is 3. The third kappa shape index (κ3) is 9.42. The average molecular weight is 835 g/mol. The lowest BCUT2D eigenvalue weighted by Crippen LogP contribution is -2.60. The van der Waals surface area contributed by atoms with Gasteiger partial charge in [0.15, 0.2) is 17.2 Å². The molecule has 0 aliphatic carbocycles. The Labute approximate surface area is 351 Å². The molecule has 0 amide bonds. The Bertz CT molecular complexity index is 1520. The minimum absolute atomic E-state index is 0.0280. The summed E-state index contributed by atoms with van der Waals surface area (Å²) >= 11 is 0. The lowest BCUT2D eigenvalue weighted by molar-refractivity contribution is -0.334. The highest BCUT2D eigenvalue weighted by atomic mass is 16.7. The zero-order valence-corrected chi connectivity index (χ0v) is 36.6. The zero-order valence-electron chi connectivity index (χ0n) is 36.6.